The third-order valence-electron chi connectivity index (χ3n) is 3.82. The van der Waals surface area contributed by atoms with Crippen LogP contribution in [0, 0.1) is 11.6 Å². The number of nitrogens with zero attached hydrogens (tertiary/aromatic N) is 3. The lowest BCUT2D eigenvalue weighted by Crippen LogP contribution is -2.37. The van der Waals surface area contributed by atoms with E-state index in [-0.39, 0.29) is 23.9 Å². The van der Waals surface area contributed by atoms with Crippen LogP contribution in [-0.2, 0) is 11.3 Å². The van der Waals surface area contributed by atoms with Crippen LogP contribution in [0.1, 0.15) is 19.3 Å². The van der Waals surface area contributed by atoms with Crippen LogP contribution in [0.5, 0.6) is 0 Å². The molecule has 1 aliphatic rings. The number of benzene rings is 1. The molecule has 112 valence electrons. The molecule has 21 heavy (non-hydrogen) atoms. The highest BCUT2D eigenvalue weighted by Crippen LogP contribution is 2.21. The minimum absolute atomic E-state index is 0.00654. The molecule has 1 aromatic carbocycles. The summed E-state index contributed by atoms with van der Waals surface area (Å²) in [6.07, 6.45) is 3.11. The molecule has 1 fully saturated rings. The van der Waals surface area contributed by atoms with E-state index in [9.17, 15) is 13.6 Å². The van der Waals surface area contributed by atoms with Crippen LogP contribution in [0.3, 0.4) is 0 Å². The first-order valence-corrected chi connectivity index (χ1v) is 6.95. The van der Waals surface area contributed by atoms with Gasteiger partial charge >= 0.3 is 0 Å². The highest BCUT2D eigenvalue weighted by atomic mass is 19.2. The van der Waals surface area contributed by atoms with Gasteiger partial charge in [0, 0.05) is 25.2 Å². The number of imidazole rings is 1. The van der Waals surface area contributed by atoms with E-state index >= 15 is 0 Å². The van der Waals surface area contributed by atoms with Crippen LogP contribution in [0.2, 0.25) is 0 Å². The number of nitrogen functional groups attached to an aromatic ring is 1. The third kappa shape index (κ3) is 2.55. The lowest BCUT2D eigenvalue weighted by Gasteiger charge is -2.27. The molecule has 0 aliphatic carbocycles. The Balaban J connectivity index is 1.91. The van der Waals surface area contributed by atoms with E-state index in [2.05, 4.69) is 4.98 Å². The average Bonchev–Trinajstić information content (AvgIpc) is 2.76. The standard InChI is InChI=1S/C14H16F2N4O/c15-9-6-11-12(7-10(9)16)20(14(17)18-11)8-13(21)19-4-2-1-3-5-19/h6-7H,1-5,8H2,(H2,17,18). The number of piperidine rings is 1. The fourth-order valence-electron chi connectivity index (χ4n) is 2.68. The zero-order chi connectivity index (χ0) is 15.0. The Morgan fingerprint density at radius 3 is 2.57 bits per heavy atom. The fraction of sp³-hybridized carbons (Fsp3) is 0.429. The number of nitrogens with two attached hydrogens (primary N) is 1. The molecule has 1 amide bonds. The van der Waals surface area contributed by atoms with Gasteiger partial charge in [-0.3, -0.25) is 4.79 Å². The molecule has 0 saturated carbocycles. The molecule has 1 aliphatic heterocycles. The van der Waals surface area contributed by atoms with E-state index in [1.54, 1.807) is 4.90 Å². The van der Waals surface area contributed by atoms with Gasteiger partial charge in [0.05, 0.1) is 11.0 Å². The summed E-state index contributed by atoms with van der Waals surface area (Å²) >= 11 is 0. The van der Waals surface area contributed by atoms with Crippen molar-refractivity contribution in [2.75, 3.05) is 18.8 Å². The van der Waals surface area contributed by atoms with Gasteiger partial charge in [0.1, 0.15) is 6.54 Å². The second kappa shape index (κ2) is 5.31. The Morgan fingerprint density at radius 2 is 1.86 bits per heavy atom. The molecular weight excluding hydrogens is 278 g/mol. The Kier molecular flexibility index (Phi) is 3.48. The lowest BCUT2D eigenvalue weighted by molar-refractivity contribution is -0.132. The van der Waals surface area contributed by atoms with Crippen LogP contribution >= 0.6 is 0 Å². The molecule has 2 heterocycles. The number of hydrogen-bond acceptors (Lipinski definition) is 3. The summed E-state index contributed by atoms with van der Waals surface area (Å²) in [5, 5.41) is 0. The number of fused-ring (bicyclic) bond motifs is 1. The highest BCUT2D eigenvalue weighted by molar-refractivity contribution is 5.83. The number of hydrogen-bond donors (Lipinski definition) is 1. The van der Waals surface area contributed by atoms with Gasteiger partial charge in [-0.25, -0.2) is 13.8 Å². The smallest absolute Gasteiger partial charge is 0.242 e. The molecule has 5 nitrogen and oxygen atoms in total. The second-order valence-corrected chi connectivity index (χ2v) is 5.25. The van der Waals surface area contributed by atoms with Crippen molar-refractivity contribution < 1.29 is 13.6 Å². The van der Waals surface area contributed by atoms with Gasteiger partial charge in [0.25, 0.3) is 0 Å². The van der Waals surface area contributed by atoms with Crippen molar-refractivity contribution in [2.24, 2.45) is 0 Å². The van der Waals surface area contributed by atoms with Crippen molar-refractivity contribution >= 4 is 22.9 Å². The van der Waals surface area contributed by atoms with Crippen LogP contribution in [0.15, 0.2) is 12.1 Å². The van der Waals surface area contributed by atoms with E-state index in [4.69, 9.17) is 5.73 Å². The van der Waals surface area contributed by atoms with Crippen molar-refractivity contribution in [2.45, 2.75) is 25.8 Å². The quantitative estimate of drug-likeness (QED) is 0.920. The molecule has 1 saturated heterocycles. The molecule has 0 bridgehead atoms. The maximum Gasteiger partial charge on any atom is 0.242 e. The van der Waals surface area contributed by atoms with Gasteiger partial charge in [-0.15, -0.1) is 0 Å². The molecule has 1 aromatic heterocycles. The summed E-state index contributed by atoms with van der Waals surface area (Å²) in [4.78, 5) is 18.0. The van der Waals surface area contributed by atoms with Crippen LogP contribution < -0.4 is 5.73 Å². The first-order chi connectivity index (χ1) is 10.1. The third-order valence-corrected chi connectivity index (χ3v) is 3.82. The number of carbonyl (C=O) groups excluding carboxylic acids is 1. The molecule has 2 aromatic rings. The molecule has 3 rings (SSSR count). The van der Waals surface area contributed by atoms with E-state index in [0.717, 1.165) is 44.5 Å². The number of aromatic nitrogens is 2. The van der Waals surface area contributed by atoms with Crippen molar-refractivity contribution in [3.63, 3.8) is 0 Å². The molecule has 0 unspecified atom stereocenters. The van der Waals surface area contributed by atoms with E-state index in [1.807, 2.05) is 0 Å². The molecule has 2 N–H and O–H groups in total. The minimum Gasteiger partial charge on any atom is -0.369 e. The van der Waals surface area contributed by atoms with Gasteiger partial charge in [-0.05, 0) is 19.3 Å². The first kappa shape index (κ1) is 13.8. The number of rotatable bonds is 2. The number of halogens is 2. The maximum absolute atomic E-state index is 13.4. The highest BCUT2D eigenvalue weighted by Gasteiger charge is 2.20. The summed E-state index contributed by atoms with van der Waals surface area (Å²) in [6.45, 7) is 1.45. The summed E-state index contributed by atoms with van der Waals surface area (Å²) in [7, 11) is 0. The number of amides is 1. The van der Waals surface area contributed by atoms with Crippen LogP contribution in [-0.4, -0.2) is 33.4 Å². The molecule has 0 spiro atoms. The summed E-state index contributed by atoms with van der Waals surface area (Å²) < 4.78 is 28.0. The van der Waals surface area contributed by atoms with Gasteiger partial charge < -0.3 is 15.2 Å². The minimum atomic E-state index is -0.978. The predicted octanol–water partition coefficient (Wildman–Crippen LogP) is 1.91. The Bertz CT molecular complexity index is 692. The summed E-state index contributed by atoms with van der Waals surface area (Å²) in [5.41, 5.74) is 6.35. The van der Waals surface area contributed by atoms with Gasteiger partial charge in [0.2, 0.25) is 11.9 Å². The zero-order valence-corrected chi connectivity index (χ0v) is 11.5. The SMILES string of the molecule is Nc1nc2cc(F)c(F)cc2n1CC(=O)N1CCCCC1. The van der Waals surface area contributed by atoms with Crippen molar-refractivity contribution in [3.8, 4) is 0 Å². The van der Waals surface area contributed by atoms with Gasteiger partial charge in [0.15, 0.2) is 11.6 Å². The zero-order valence-electron chi connectivity index (χ0n) is 11.5. The Morgan fingerprint density at radius 1 is 1.19 bits per heavy atom. The maximum atomic E-state index is 13.4. The largest absolute Gasteiger partial charge is 0.369 e. The fourth-order valence-corrected chi connectivity index (χ4v) is 2.68. The van der Waals surface area contributed by atoms with Crippen LogP contribution in [0.4, 0.5) is 14.7 Å². The first-order valence-electron chi connectivity index (χ1n) is 6.95. The molecule has 7 heteroatoms. The van der Waals surface area contributed by atoms with Crippen molar-refractivity contribution in [1.82, 2.24) is 14.5 Å². The summed E-state index contributed by atoms with van der Waals surface area (Å²) in [6, 6.07) is 2.01. The summed E-state index contributed by atoms with van der Waals surface area (Å²) in [5.74, 6) is -1.95. The van der Waals surface area contributed by atoms with E-state index < -0.39 is 11.6 Å². The van der Waals surface area contributed by atoms with Crippen LogP contribution in [0.25, 0.3) is 11.0 Å². The van der Waals surface area contributed by atoms with Gasteiger partial charge in [-0.2, -0.15) is 0 Å². The molecular formula is C14H16F2N4O. The second-order valence-electron chi connectivity index (χ2n) is 5.25. The van der Waals surface area contributed by atoms with E-state index in [0.29, 0.717) is 5.52 Å². The monoisotopic (exact) mass is 294 g/mol. The number of likely N-dealkylation sites (tertiary alicyclic amines) is 1. The lowest BCUT2D eigenvalue weighted by atomic mass is 10.1. The molecule has 0 radical (unpaired) electrons. The van der Waals surface area contributed by atoms with Crippen molar-refractivity contribution in [1.29, 1.82) is 0 Å². The topological polar surface area (TPSA) is 64.1 Å². The Labute approximate surface area is 120 Å². The average molecular weight is 294 g/mol. The van der Waals surface area contributed by atoms with Crippen molar-refractivity contribution in [3.05, 3.63) is 23.8 Å². The number of anilines is 1. The number of carbonyl (C=O) groups is 1. The van der Waals surface area contributed by atoms with Gasteiger partial charge in [-0.1, -0.05) is 0 Å². The normalized spacial score (nSPS) is 15.6. The van der Waals surface area contributed by atoms with E-state index in [1.165, 1.54) is 4.57 Å². The molecule has 0 atom stereocenters. The Hall–Kier alpha value is -2.18. The predicted molar refractivity (Wildman–Crippen MR) is 74.5 cm³/mol.